The molecule has 0 aromatic heterocycles. The van der Waals surface area contributed by atoms with Gasteiger partial charge in [0, 0.05) is 19.5 Å². The van der Waals surface area contributed by atoms with E-state index in [2.05, 4.69) is 18.8 Å². The van der Waals surface area contributed by atoms with Crippen LogP contribution in [0.5, 0.6) is 0 Å². The van der Waals surface area contributed by atoms with Crippen molar-refractivity contribution in [2.24, 2.45) is 0 Å². The Morgan fingerprint density at radius 1 is 1.65 bits per heavy atom. The maximum atomic E-state index is 12.1. The van der Waals surface area contributed by atoms with Crippen LogP contribution >= 0.6 is 0 Å². The highest BCUT2D eigenvalue weighted by Gasteiger charge is 2.46. The summed E-state index contributed by atoms with van der Waals surface area (Å²) in [7, 11) is 0. The first-order valence-corrected chi connectivity index (χ1v) is 6.26. The topological polar surface area (TPSA) is 49.4 Å². The molecule has 1 fully saturated rings. The van der Waals surface area contributed by atoms with Gasteiger partial charge in [-0.05, 0) is 19.8 Å². The zero-order valence-electron chi connectivity index (χ0n) is 10.8. The molecule has 2 amide bonds. The van der Waals surface area contributed by atoms with Crippen molar-refractivity contribution in [2.75, 3.05) is 13.1 Å². The largest absolute Gasteiger partial charge is 0.354 e. The predicted molar refractivity (Wildman–Crippen MR) is 67.5 cm³/mol. The SMILES string of the molecule is C=CCN1C(=O)CCC1(C)C(=O)NCCCC. The van der Waals surface area contributed by atoms with Crippen molar-refractivity contribution >= 4 is 11.8 Å². The molecule has 17 heavy (non-hydrogen) atoms. The molecule has 1 aliphatic rings. The summed E-state index contributed by atoms with van der Waals surface area (Å²) in [5, 5.41) is 2.91. The fourth-order valence-corrected chi connectivity index (χ4v) is 2.13. The second-order valence-corrected chi connectivity index (χ2v) is 4.68. The molecule has 0 aliphatic carbocycles. The molecule has 1 N–H and O–H groups in total. The fraction of sp³-hybridized carbons (Fsp3) is 0.692. The third-order valence-electron chi connectivity index (χ3n) is 3.34. The van der Waals surface area contributed by atoms with Gasteiger partial charge >= 0.3 is 0 Å². The normalized spacial score (nSPS) is 23.9. The van der Waals surface area contributed by atoms with Crippen LogP contribution in [0.15, 0.2) is 12.7 Å². The smallest absolute Gasteiger partial charge is 0.245 e. The molecule has 96 valence electrons. The molecule has 1 saturated heterocycles. The van der Waals surface area contributed by atoms with Gasteiger partial charge in [0.2, 0.25) is 11.8 Å². The van der Waals surface area contributed by atoms with Gasteiger partial charge in [0.05, 0.1) is 0 Å². The summed E-state index contributed by atoms with van der Waals surface area (Å²) >= 11 is 0. The van der Waals surface area contributed by atoms with Crippen LogP contribution in [0.3, 0.4) is 0 Å². The molecule has 0 saturated carbocycles. The van der Waals surface area contributed by atoms with Gasteiger partial charge in [0.15, 0.2) is 0 Å². The summed E-state index contributed by atoms with van der Waals surface area (Å²) in [6.45, 7) is 8.67. The number of hydrogen-bond acceptors (Lipinski definition) is 2. The Balaban J connectivity index is 2.67. The first kappa shape index (κ1) is 13.7. The summed E-state index contributed by atoms with van der Waals surface area (Å²) in [4.78, 5) is 25.5. The molecule has 4 nitrogen and oxygen atoms in total. The molecule has 4 heteroatoms. The second kappa shape index (κ2) is 5.84. The van der Waals surface area contributed by atoms with Crippen LogP contribution in [0.4, 0.5) is 0 Å². The number of carbonyl (C=O) groups excluding carboxylic acids is 2. The second-order valence-electron chi connectivity index (χ2n) is 4.68. The third-order valence-corrected chi connectivity index (χ3v) is 3.34. The van der Waals surface area contributed by atoms with Crippen LogP contribution in [0.1, 0.15) is 39.5 Å². The van der Waals surface area contributed by atoms with Crippen LogP contribution in [0.2, 0.25) is 0 Å². The molecule has 1 aliphatic heterocycles. The third kappa shape index (κ3) is 2.87. The van der Waals surface area contributed by atoms with Crippen molar-refractivity contribution in [1.29, 1.82) is 0 Å². The maximum absolute atomic E-state index is 12.1. The van der Waals surface area contributed by atoms with Gasteiger partial charge in [-0.15, -0.1) is 6.58 Å². The molecule has 1 atom stereocenters. The molecule has 1 unspecified atom stereocenters. The molecule has 0 bridgehead atoms. The lowest BCUT2D eigenvalue weighted by Gasteiger charge is -2.33. The predicted octanol–water partition coefficient (Wildman–Crippen LogP) is 1.47. The van der Waals surface area contributed by atoms with Crippen molar-refractivity contribution in [3.05, 3.63) is 12.7 Å². The zero-order chi connectivity index (χ0) is 12.9. The number of likely N-dealkylation sites (tertiary alicyclic amines) is 1. The monoisotopic (exact) mass is 238 g/mol. The van der Waals surface area contributed by atoms with E-state index >= 15 is 0 Å². The van der Waals surface area contributed by atoms with E-state index in [1.165, 1.54) is 0 Å². The van der Waals surface area contributed by atoms with Crippen LogP contribution in [0.25, 0.3) is 0 Å². The highest BCUT2D eigenvalue weighted by atomic mass is 16.2. The van der Waals surface area contributed by atoms with Gasteiger partial charge in [0.25, 0.3) is 0 Å². The zero-order valence-corrected chi connectivity index (χ0v) is 10.8. The summed E-state index contributed by atoms with van der Waals surface area (Å²) in [5.41, 5.74) is -0.695. The Hall–Kier alpha value is -1.32. The highest BCUT2D eigenvalue weighted by molar-refractivity contribution is 5.94. The van der Waals surface area contributed by atoms with Gasteiger partial charge in [0.1, 0.15) is 5.54 Å². The molecular formula is C13H22N2O2. The van der Waals surface area contributed by atoms with E-state index in [1.807, 2.05) is 6.92 Å². The molecule has 1 rings (SSSR count). The number of amides is 2. The Bertz CT molecular complexity index is 315. The molecule has 0 aromatic carbocycles. The summed E-state index contributed by atoms with van der Waals surface area (Å²) in [6.07, 6.45) is 4.73. The number of unbranched alkanes of at least 4 members (excludes halogenated alkanes) is 1. The van der Waals surface area contributed by atoms with Crippen molar-refractivity contribution in [3.8, 4) is 0 Å². The standard InChI is InChI=1S/C13H22N2O2/c1-4-6-9-14-12(17)13(3)8-7-11(16)15(13)10-5-2/h5H,2,4,6-10H2,1,3H3,(H,14,17). The van der Waals surface area contributed by atoms with Crippen molar-refractivity contribution in [3.63, 3.8) is 0 Å². The van der Waals surface area contributed by atoms with Crippen molar-refractivity contribution in [1.82, 2.24) is 10.2 Å². The van der Waals surface area contributed by atoms with Gasteiger partial charge in [-0.2, -0.15) is 0 Å². The summed E-state index contributed by atoms with van der Waals surface area (Å²) in [5.74, 6) is -0.00306. The Morgan fingerprint density at radius 2 is 2.35 bits per heavy atom. The lowest BCUT2D eigenvalue weighted by molar-refractivity contribution is -0.139. The lowest BCUT2D eigenvalue weighted by atomic mass is 9.97. The van der Waals surface area contributed by atoms with E-state index in [4.69, 9.17) is 0 Å². The average Bonchev–Trinajstić information content (AvgIpc) is 2.59. The van der Waals surface area contributed by atoms with Gasteiger partial charge in [-0.3, -0.25) is 9.59 Å². The minimum atomic E-state index is -0.695. The fourth-order valence-electron chi connectivity index (χ4n) is 2.13. The number of hydrogen-bond donors (Lipinski definition) is 1. The van der Waals surface area contributed by atoms with E-state index in [1.54, 1.807) is 11.0 Å². The van der Waals surface area contributed by atoms with Gasteiger partial charge in [-0.1, -0.05) is 19.4 Å². The quantitative estimate of drug-likeness (QED) is 0.562. The number of rotatable bonds is 6. The number of carbonyl (C=O) groups is 2. The number of nitrogens with one attached hydrogen (secondary N) is 1. The van der Waals surface area contributed by atoms with E-state index in [0.29, 0.717) is 25.9 Å². The summed E-state index contributed by atoms with van der Waals surface area (Å²) < 4.78 is 0. The van der Waals surface area contributed by atoms with E-state index in [9.17, 15) is 9.59 Å². The molecule has 0 aromatic rings. The van der Waals surface area contributed by atoms with Gasteiger partial charge < -0.3 is 10.2 Å². The Labute approximate surface area is 103 Å². The number of nitrogens with zero attached hydrogens (tertiary/aromatic N) is 1. The van der Waals surface area contributed by atoms with E-state index in [-0.39, 0.29) is 11.8 Å². The van der Waals surface area contributed by atoms with Crippen LogP contribution in [0, 0.1) is 0 Å². The van der Waals surface area contributed by atoms with Crippen LogP contribution in [-0.2, 0) is 9.59 Å². The first-order chi connectivity index (χ1) is 8.06. The van der Waals surface area contributed by atoms with E-state index in [0.717, 1.165) is 12.8 Å². The molecule has 0 spiro atoms. The van der Waals surface area contributed by atoms with Crippen LogP contribution in [-0.4, -0.2) is 35.3 Å². The molecule has 1 heterocycles. The van der Waals surface area contributed by atoms with Crippen LogP contribution < -0.4 is 5.32 Å². The maximum Gasteiger partial charge on any atom is 0.245 e. The minimum absolute atomic E-state index is 0.0399. The van der Waals surface area contributed by atoms with Crippen molar-refractivity contribution < 1.29 is 9.59 Å². The highest BCUT2D eigenvalue weighted by Crippen LogP contribution is 2.29. The molecular weight excluding hydrogens is 216 g/mol. The Kier molecular flexibility index (Phi) is 4.73. The lowest BCUT2D eigenvalue weighted by Crippen LogP contribution is -2.54. The average molecular weight is 238 g/mol. The summed E-state index contributed by atoms with van der Waals surface area (Å²) in [6, 6.07) is 0. The minimum Gasteiger partial charge on any atom is -0.354 e. The van der Waals surface area contributed by atoms with Crippen molar-refractivity contribution in [2.45, 2.75) is 45.1 Å². The van der Waals surface area contributed by atoms with Gasteiger partial charge in [-0.25, -0.2) is 0 Å². The first-order valence-electron chi connectivity index (χ1n) is 6.26. The van der Waals surface area contributed by atoms with E-state index < -0.39 is 5.54 Å². The Morgan fingerprint density at radius 3 is 2.94 bits per heavy atom. The molecule has 0 radical (unpaired) electrons.